The second kappa shape index (κ2) is 10.0. The molecule has 1 aliphatic heterocycles. The van der Waals surface area contributed by atoms with E-state index < -0.39 is 52.9 Å². The Morgan fingerprint density at radius 1 is 1.15 bits per heavy atom. The minimum Gasteiger partial charge on any atom is -0.382 e. The molecule has 0 aliphatic carbocycles. The maximum absolute atomic E-state index is 15.1. The lowest BCUT2D eigenvalue weighted by Gasteiger charge is -2.17. The van der Waals surface area contributed by atoms with Gasteiger partial charge in [0.25, 0.3) is 11.8 Å². The topological polar surface area (TPSA) is 119 Å². The average Bonchev–Trinajstić information content (AvgIpc) is 3.45. The first kappa shape index (κ1) is 27.2. The van der Waals surface area contributed by atoms with E-state index in [1.165, 1.54) is 30.2 Å². The molecule has 15 heteroatoms. The number of rotatable bonds is 4. The van der Waals surface area contributed by atoms with E-state index in [1.54, 1.807) is 0 Å². The monoisotopic (exact) mass is 579 g/mol. The predicted octanol–water partition coefficient (Wildman–Crippen LogP) is 4.09. The van der Waals surface area contributed by atoms with Gasteiger partial charge in [-0.15, -0.1) is 0 Å². The van der Waals surface area contributed by atoms with Gasteiger partial charge in [0, 0.05) is 28.9 Å². The van der Waals surface area contributed by atoms with Gasteiger partial charge in [-0.25, -0.2) is 18.3 Å². The molecule has 5 rings (SSSR count). The molecule has 208 valence electrons. The largest absolute Gasteiger partial charge is 0.418 e. The van der Waals surface area contributed by atoms with E-state index in [1.807, 2.05) is 0 Å². The summed E-state index contributed by atoms with van der Waals surface area (Å²) in [6.07, 6.45) is -4.24. The van der Waals surface area contributed by atoms with Crippen molar-refractivity contribution in [2.45, 2.75) is 25.3 Å². The molecule has 3 aromatic heterocycles. The number of nitrogens with zero attached hydrogens (tertiary/aromatic N) is 5. The van der Waals surface area contributed by atoms with Crippen molar-refractivity contribution in [1.29, 1.82) is 0 Å². The standard InChI is InChI=1S/C25H19ClF5N7O2/c1-11-4-16(27)14(20-7-15(25(29,30)31)21-22(32)34-10-35-38(20)21)6-13(11)23(39)36-19-9-37(8-17(19)28)24(40)18-5-12(26)2-3-33-18/h2-7,10,17,19H,8-9H2,1H3,(H,36,39)(H2,32,34,35)/t17-,19+/m0/s1. The number of alkyl halides is 4. The second-order valence-corrected chi connectivity index (χ2v) is 9.60. The van der Waals surface area contributed by atoms with E-state index >= 15 is 4.39 Å². The van der Waals surface area contributed by atoms with Crippen LogP contribution in [-0.2, 0) is 6.18 Å². The highest BCUT2D eigenvalue weighted by Gasteiger charge is 2.39. The lowest BCUT2D eigenvalue weighted by atomic mass is 10.0. The summed E-state index contributed by atoms with van der Waals surface area (Å²) in [5.41, 5.74) is 3.26. The van der Waals surface area contributed by atoms with E-state index in [0.29, 0.717) is 6.07 Å². The van der Waals surface area contributed by atoms with Crippen LogP contribution in [0.5, 0.6) is 0 Å². The molecule has 1 aromatic carbocycles. The van der Waals surface area contributed by atoms with Crippen LogP contribution < -0.4 is 11.1 Å². The van der Waals surface area contributed by atoms with E-state index in [9.17, 15) is 27.2 Å². The van der Waals surface area contributed by atoms with Gasteiger partial charge >= 0.3 is 6.18 Å². The number of fused-ring (bicyclic) bond motifs is 1. The first-order valence-electron chi connectivity index (χ1n) is 11.7. The third kappa shape index (κ3) is 4.90. The lowest BCUT2D eigenvalue weighted by molar-refractivity contribution is -0.136. The van der Waals surface area contributed by atoms with Crippen LogP contribution in [0.2, 0.25) is 5.02 Å². The van der Waals surface area contributed by atoms with Crippen molar-refractivity contribution in [2.75, 3.05) is 18.8 Å². The molecule has 1 saturated heterocycles. The number of likely N-dealkylation sites (tertiary alicyclic amines) is 1. The number of aryl methyl sites for hydroxylation is 1. The summed E-state index contributed by atoms with van der Waals surface area (Å²) in [4.78, 5) is 34.6. The lowest BCUT2D eigenvalue weighted by Crippen LogP contribution is -2.42. The number of carbonyl (C=O) groups excluding carboxylic acids is 2. The SMILES string of the molecule is Cc1cc(F)c(-c2cc(C(F)(F)F)c3c(N)ncnn23)cc1C(=O)N[C@@H]1CN(C(=O)c2cc(Cl)ccn2)C[C@@H]1F. The minimum atomic E-state index is -4.85. The number of carbonyl (C=O) groups is 2. The molecule has 1 fully saturated rings. The van der Waals surface area contributed by atoms with Crippen molar-refractivity contribution in [2.24, 2.45) is 0 Å². The highest BCUT2D eigenvalue weighted by Crippen LogP contribution is 2.39. The van der Waals surface area contributed by atoms with Gasteiger partial charge in [-0.2, -0.15) is 18.3 Å². The Hall–Kier alpha value is -4.33. The van der Waals surface area contributed by atoms with Gasteiger partial charge in [0.1, 0.15) is 29.5 Å². The number of hydrogen-bond donors (Lipinski definition) is 2. The molecule has 2 atom stereocenters. The molecular weight excluding hydrogens is 561 g/mol. The van der Waals surface area contributed by atoms with Crippen molar-refractivity contribution in [3.05, 3.63) is 76.1 Å². The number of aromatic nitrogens is 4. The zero-order chi connectivity index (χ0) is 28.9. The molecule has 40 heavy (non-hydrogen) atoms. The molecule has 1 aliphatic rings. The average molecular weight is 580 g/mol. The Labute approximate surface area is 227 Å². The van der Waals surface area contributed by atoms with E-state index in [0.717, 1.165) is 23.0 Å². The summed E-state index contributed by atoms with van der Waals surface area (Å²) in [5.74, 6) is -2.78. The van der Waals surface area contributed by atoms with Crippen molar-refractivity contribution in [3.63, 3.8) is 0 Å². The van der Waals surface area contributed by atoms with E-state index in [-0.39, 0.29) is 46.2 Å². The van der Waals surface area contributed by atoms with Crippen molar-refractivity contribution in [1.82, 2.24) is 29.8 Å². The molecule has 4 aromatic rings. The van der Waals surface area contributed by atoms with E-state index in [4.69, 9.17) is 17.3 Å². The number of benzene rings is 1. The van der Waals surface area contributed by atoms with Gasteiger partial charge in [0.15, 0.2) is 5.82 Å². The summed E-state index contributed by atoms with van der Waals surface area (Å²) in [6.45, 7) is 0.923. The number of nitrogens with two attached hydrogens (primary N) is 1. The second-order valence-electron chi connectivity index (χ2n) is 9.16. The number of amides is 2. The molecule has 0 bridgehead atoms. The summed E-state index contributed by atoms with van der Waals surface area (Å²) >= 11 is 5.90. The van der Waals surface area contributed by atoms with Gasteiger partial charge in [-0.3, -0.25) is 14.6 Å². The van der Waals surface area contributed by atoms with E-state index in [2.05, 4.69) is 20.4 Å². The highest BCUT2D eigenvalue weighted by atomic mass is 35.5. The Morgan fingerprint density at radius 3 is 2.60 bits per heavy atom. The Kier molecular flexibility index (Phi) is 6.82. The van der Waals surface area contributed by atoms with Gasteiger partial charge in [-0.05, 0) is 42.8 Å². The fourth-order valence-corrected chi connectivity index (χ4v) is 4.75. The first-order valence-corrected chi connectivity index (χ1v) is 12.1. The van der Waals surface area contributed by atoms with Crippen LogP contribution in [0.1, 0.15) is 32.0 Å². The van der Waals surface area contributed by atoms with Crippen LogP contribution in [0.15, 0.2) is 42.9 Å². The summed E-state index contributed by atoms with van der Waals surface area (Å²) in [7, 11) is 0. The van der Waals surface area contributed by atoms with Crippen LogP contribution in [0, 0.1) is 12.7 Å². The summed E-state index contributed by atoms with van der Waals surface area (Å²) < 4.78 is 71.9. The first-order chi connectivity index (χ1) is 18.8. The molecule has 0 saturated carbocycles. The maximum atomic E-state index is 15.1. The molecule has 0 radical (unpaired) electrons. The highest BCUT2D eigenvalue weighted by molar-refractivity contribution is 6.30. The Balaban J connectivity index is 1.44. The van der Waals surface area contributed by atoms with Gasteiger partial charge in [0.05, 0.1) is 23.8 Å². The molecule has 3 N–H and O–H groups in total. The molecule has 2 amide bonds. The molecule has 4 heterocycles. The number of pyridine rings is 1. The zero-order valence-corrected chi connectivity index (χ0v) is 21.3. The Bertz CT molecular complexity index is 1660. The summed E-state index contributed by atoms with van der Waals surface area (Å²) in [5, 5.41) is 6.57. The van der Waals surface area contributed by atoms with Crippen LogP contribution in [0.25, 0.3) is 16.8 Å². The van der Waals surface area contributed by atoms with Crippen LogP contribution in [0.3, 0.4) is 0 Å². The van der Waals surface area contributed by atoms with Gasteiger partial charge < -0.3 is 16.0 Å². The van der Waals surface area contributed by atoms with Gasteiger partial charge in [-0.1, -0.05) is 11.6 Å². The fraction of sp³-hybridized carbons (Fsp3) is 0.240. The number of nitrogens with one attached hydrogen (secondary N) is 1. The molecule has 0 unspecified atom stereocenters. The predicted molar refractivity (Wildman–Crippen MR) is 134 cm³/mol. The van der Waals surface area contributed by atoms with Crippen molar-refractivity contribution in [3.8, 4) is 11.3 Å². The minimum absolute atomic E-state index is 0.00722. The number of anilines is 1. The normalized spacial score (nSPS) is 17.4. The van der Waals surface area contributed by atoms with Crippen LogP contribution >= 0.6 is 11.6 Å². The van der Waals surface area contributed by atoms with Crippen LogP contribution in [0.4, 0.5) is 27.8 Å². The number of hydrogen-bond acceptors (Lipinski definition) is 6. The third-order valence-electron chi connectivity index (χ3n) is 6.52. The fourth-order valence-electron chi connectivity index (χ4n) is 4.59. The van der Waals surface area contributed by atoms with Gasteiger partial charge in [0.2, 0.25) is 0 Å². The Morgan fingerprint density at radius 2 is 1.90 bits per heavy atom. The van der Waals surface area contributed by atoms with Crippen LogP contribution in [-0.4, -0.2) is 61.6 Å². The number of halogens is 6. The summed E-state index contributed by atoms with van der Waals surface area (Å²) in [6, 6.07) is 4.40. The van der Waals surface area contributed by atoms with Crippen molar-refractivity contribution < 1.29 is 31.5 Å². The third-order valence-corrected chi connectivity index (χ3v) is 6.75. The smallest absolute Gasteiger partial charge is 0.382 e. The molecule has 0 spiro atoms. The molecular formula is C25H19ClF5N7O2. The maximum Gasteiger partial charge on any atom is 0.418 e. The molecule has 9 nitrogen and oxygen atoms in total. The zero-order valence-electron chi connectivity index (χ0n) is 20.5. The quantitative estimate of drug-likeness (QED) is 0.352. The number of nitrogen functional groups attached to an aromatic ring is 1. The van der Waals surface area contributed by atoms with Crippen molar-refractivity contribution >= 4 is 34.7 Å².